The molecular weight excluding hydrogens is 368 g/mol. The molecule has 0 saturated heterocycles. The quantitative estimate of drug-likeness (QED) is 0.560. The van der Waals surface area contributed by atoms with E-state index in [1.54, 1.807) is 38.3 Å². The van der Waals surface area contributed by atoms with Gasteiger partial charge in [0.05, 0.1) is 25.0 Å². The first-order valence-corrected chi connectivity index (χ1v) is 9.30. The van der Waals surface area contributed by atoms with Crippen molar-refractivity contribution in [2.24, 2.45) is 0 Å². The minimum absolute atomic E-state index is 0.343. The van der Waals surface area contributed by atoms with Crippen LogP contribution in [-0.4, -0.2) is 29.7 Å². The van der Waals surface area contributed by atoms with Crippen LogP contribution in [0.25, 0.3) is 0 Å². The van der Waals surface area contributed by atoms with E-state index in [1.807, 2.05) is 38.1 Å². The molecule has 0 fully saturated rings. The highest BCUT2D eigenvalue weighted by Crippen LogP contribution is 2.28. The minimum atomic E-state index is -0.343. The van der Waals surface area contributed by atoms with Gasteiger partial charge in [-0.1, -0.05) is 6.07 Å². The zero-order valence-corrected chi connectivity index (χ0v) is 16.9. The summed E-state index contributed by atoms with van der Waals surface area (Å²) >= 11 is 0. The van der Waals surface area contributed by atoms with Crippen LogP contribution in [0.1, 0.15) is 28.5 Å². The van der Waals surface area contributed by atoms with Crippen molar-refractivity contribution in [3.05, 3.63) is 65.4 Å². The third kappa shape index (κ3) is 5.22. The maximum Gasteiger partial charge on any atom is 0.338 e. The van der Waals surface area contributed by atoms with E-state index in [-0.39, 0.29) is 5.97 Å². The molecule has 29 heavy (non-hydrogen) atoms. The third-order valence-electron chi connectivity index (χ3n) is 4.12. The molecule has 0 atom stereocenters. The zero-order chi connectivity index (χ0) is 20.8. The number of nitrogens with one attached hydrogen (secondary N) is 2. The van der Waals surface area contributed by atoms with Gasteiger partial charge in [-0.15, -0.1) is 0 Å². The smallest absolute Gasteiger partial charge is 0.338 e. The topological polar surface area (TPSA) is 85.4 Å². The van der Waals surface area contributed by atoms with E-state index in [1.165, 1.54) is 0 Å². The molecule has 0 aliphatic carbocycles. The maximum atomic E-state index is 11.8. The van der Waals surface area contributed by atoms with Crippen LogP contribution in [0.15, 0.2) is 48.5 Å². The first-order valence-electron chi connectivity index (χ1n) is 9.30. The van der Waals surface area contributed by atoms with Gasteiger partial charge in [0.2, 0.25) is 5.95 Å². The number of anilines is 4. The molecule has 7 heteroatoms. The van der Waals surface area contributed by atoms with E-state index in [0.29, 0.717) is 23.9 Å². The number of hydrogen-bond donors (Lipinski definition) is 2. The molecule has 1 heterocycles. The van der Waals surface area contributed by atoms with Crippen LogP contribution in [0.3, 0.4) is 0 Å². The van der Waals surface area contributed by atoms with Crippen molar-refractivity contribution in [2.75, 3.05) is 24.4 Å². The second-order valence-electron chi connectivity index (χ2n) is 6.47. The average molecular weight is 392 g/mol. The lowest BCUT2D eigenvalue weighted by Gasteiger charge is -2.13. The lowest BCUT2D eigenvalue weighted by Crippen LogP contribution is -2.05. The molecule has 0 aliphatic rings. The van der Waals surface area contributed by atoms with Gasteiger partial charge in [0.1, 0.15) is 11.6 Å². The summed E-state index contributed by atoms with van der Waals surface area (Å²) in [6, 6.07) is 14.7. The van der Waals surface area contributed by atoms with Crippen molar-refractivity contribution in [2.45, 2.75) is 20.8 Å². The summed E-state index contributed by atoms with van der Waals surface area (Å²) in [4.78, 5) is 20.7. The number of hydrogen-bond acceptors (Lipinski definition) is 7. The molecule has 0 amide bonds. The molecule has 2 aromatic carbocycles. The molecule has 2 N–H and O–H groups in total. The predicted octanol–water partition coefficient (Wildman–Crippen LogP) is 4.77. The number of rotatable bonds is 7. The van der Waals surface area contributed by atoms with Crippen LogP contribution in [0.5, 0.6) is 5.75 Å². The Kier molecular flexibility index (Phi) is 6.29. The Balaban J connectivity index is 1.79. The minimum Gasteiger partial charge on any atom is -0.495 e. The van der Waals surface area contributed by atoms with Crippen molar-refractivity contribution in [3.8, 4) is 5.75 Å². The predicted molar refractivity (Wildman–Crippen MR) is 113 cm³/mol. The SMILES string of the molecule is CCOC(=O)c1ccc(Nc2nc(C)cc(Nc3cc(C)ccc3OC)n2)cc1. The number of benzene rings is 2. The zero-order valence-electron chi connectivity index (χ0n) is 16.9. The van der Waals surface area contributed by atoms with E-state index >= 15 is 0 Å². The van der Waals surface area contributed by atoms with Gasteiger partial charge in [0.25, 0.3) is 0 Å². The lowest BCUT2D eigenvalue weighted by molar-refractivity contribution is 0.0526. The van der Waals surface area contributed by atoms with Crippen molar-refractivity contribution >= 4 is 29.1 Å². The van der Waals surface area contributed by atoms with E-state index < -0.39 is 0 Å². The second kappa shape index (κ2) is 9.05. The van der Waals surface area contributed by atoms with Gasteiger partial charge in [-0.3, -0.25) is 0 Å². The largest absolute Gasteiger partial charge is 0.495 e. The molecule has 0 bridgehead atoms. The molecule has 0 spiro atoms. The molecule has 1 aromatic heterocycles. The van der Waals surface area contributed by atoms with Crippen LogP contribution >= 0.6 is 0 Å². The number of aryl methyl sites for hydroxylation is 2. The molecule has 7 nitrogen and oxygen atoms in total. The summed E-state index contributed by atoms with van der Waals surface area (Å²) in [7, 11) is 1.63. The average Bonchev–Trinajstić information content (AvgIpc) is 2.68. The Bertz CT molecular complexity index is 1000. The number of carbonyl (C=O) groups excluding carboxylic acids is 1. The highest BCUT2D eigenvalue weighted by Gasteiger charge is 2.09. The van der Waals surface area contributed by atoms with Gasteiger partial charge < -0.3 is 20.1 Å². The molecule has 150 valence electrons. The van der Waals surface area contributed by atoms with E-state index in [0.717, 1.165) is 28.4 Å². The lowest BCUT2D eigenvalue weighted by atomic mass is 10.2. The van der Waals surface area contributed by atoms with Crippen LogP contribution < -0.4 is 15.4 Å². The molecule has 3 rings (SSSR count). The summed E-state index contributed by atoms with van der Waals surface area (Å²) in [5.74, 6) is 1.48. The molecule has 0 saturated carbocycles. The number of methoxy groups -OCH3 is 1. The number of nitrogens with zero attached hydrogens (tertiary/aromatic N) is 2. The second-order valence-corrected chi connectivity index (χ2v) is 6.47. The van der Waals surface area contributed by atoms with Crippen LogP contribution in [0, 0.1) is 13.8 Å². The first-order chi connectivity index (χ1) is 14.0. The van der Waals surface area contributed by atoms with Gasteiger partial charge in [0, 0.05) is 17.4 Å². The van der Waals surface area contributed by atoms with Crippen LogP contribution in [0.4, 0.5) is 23.1 Å². The third-order valence-corrected chi connectivity index (χ3v) is 4.12. The summed E-state index contributed by atoms with van der Waals surface area (Å²) in [5, 5.41) is 6.46. The van der Waals surface area contributed by atoms with Crippen molar-refractivity contribution in [3.63, 3.8) is 0 Å². The Hall–Kier alpha value is -3.61. The van der Waals surface area contributed by atoms with Gasteiger partial charge >= 0.3 is 5.97 Å². The van der Waals surface area contributed by atoms with Gasteiger partial charge in [-0.2, -0.15) is 4.98 Å². The van der Waals surface area contributed by atoms with E-state index in [4.69, 9.17) is 9.47 Å². The van der Waals surface area contributed by atoms with Crippen LogP contribution in [0.2, 0.25) is 0 Å². The van der Waals surface area contributed by atoms with Gasteiger partial charge in [-0.05, 0) is 62.7 Å². The molecule has 0 radical (unpaired) electrons. The van der Waals surface area contributed by atoms with Crippen molar-refractivity contribution in [1.29, 1.82) is 0 Å². The van der Waals surface area contributed by atoms with E-state index in [9.17, 15) is 4.79 Å². The number of ether oxygens (including phenoxy) is 2. The maximum absolute atomic E-state index is 11.8. The van der Waals surface area contributed by atoms with Crippen molar-refractivity contribution in [1.82, 2.24) is 9.97 Å². The standard InChI is InChI=1S/C22H24N4O3/c1-5-29-21(27)16-7-9-17(10-8-16)24-22-23-15(3)13-20(26-22)25-18-12-14(2)6-11-19(18)28-4/h6-13H,5H2,1-4H3,(H2,23,24,25,26). The molecule has 0 unspecified atom stereocenters. The highest BCUT2D eigenvalue weighted by molar-refractivity contribution is 5.89. The number of aromatic nitrogens is 2. The van der Waals surface area contributed by atoms with E-state index in [2.05, 4.69) is 20.6 Å². The van der Waals surface area contributed by atoms with Gasteiger partial charge in [-0.25, -0.2) is 9.78 Å². The molecule has 0 aliphatic heterocycles. The summed E-state index contributed by atoms with van der Waals surface area (Å²) in [6.07, 6.45) is 0. The molecular formula is C22H24N4O3. The Morgan fingerprint density at radius 3 is 2.45 bits per heavy atom. The number of esters is 1. The molecule has 3 aromatic rings. The summed E-state index contributed by atoms with van der Waals surface area (Å²) < 4.78 is 10.4. The Labute approximate surface area is 170 Å². The monoisotopic (exact) mass is 392 g/mol. The summed E-state index contributed by atoms with van der Waals surface area (Å²) in [6.45, 7) is 6.04. The summed E-state index contributed by atoms with van der Waals surface area (Å²) in [5.41, 5.74) is 4.01. The fourth-order valence-electron chi connectivity index (χ4n) is 2.78. The normalized spacial score (nSPS) is 10.3. The van der Waals surface area contributed by atoms with Crippen molar-refractivity contribution < 1.29 is 14.3 Å². The fourth-order valence-corrected chi connectivity index (χ4v) is 2.78. The first kappa shape index (κ1) is 20.1. The Morgan fingerprint density at radius 2 is 1.76 bits per heavy atom. The fraction of sp³-hybridized carbons (Fsp3) is 0.227. The number of carbonyl (C=O) groups is 1. The van der Waals surface area contributed by atoms with Crippen LogP contribution in [-0.2, 0) is 4.74 Å². The van der Waals surface area contributed by atoms with Gasteiger partial charge in [0.15, 0.2) is 0 Å². The highest BCUT2D eigenvalue weighted by atomic mass is 16.5. The Morgan fingerprint density at radius 1 is 1.00 bits per heavy atom.